The summed E-state index contributed by atoms with van der Waals surface area (Å²) < 4.78 is 31.9. The smallest absolute Gasteiger partial charge is 0.340 e. The lowest BCUT2D eigenvalue weighted by Gasteiger charge is -2.42. The number of carbonyl (C=O) groups excluding carboxylic acids is 5. The molecule has 0 aromatic heterocycles. The van der Waals surface area contributed by atoms with Crippen molar-refractivity contribution in [1.29, 1.82) is 0 Å². The summed E-state index contributed by atoms with van der Waals surface area (Å²) in [5, 5.41) is 0. The first-order valence-corrected chi connectivity index (χ1v) is 15.8. The van der Waals surface area contributed by atoms with Crippen molar-refractivity contribution >= 4 is 41.5 Å². The molecule has 1 saturated heterocycles. The molecule has 1 aliphatic carbocycles. The Morgan fingerprint density at radius 1 is 0.688 bits per heavy atom. The maximum Gasteiger partial charge on any atom is 0.340 e. The molecule has 258 valence electrons. The van der Waals surface area contributed by atoms with Crippen LogP contribution in [0.25, 0.3) is 11.6 Å². The number of hydrogen-bond donors (Lipinski definition) is 0. The van der Waals surface area contributed by atoms with Crippen molar-refractivity contribution in [3.8, 4) is 0 Å². The monoisotopic (exact) mass is 664 g/mol. The van der Waals surface area contributed by atoms with Crippen LogP contribution in [0.15, 0.2) is 42.5 Å². The molecule has 0 saturated carbocycles. The molecule has 0 spiro atoms. The lowest BCUT2D eigenvalue weighted by atomic mass is 9.63. The third-order valence-corrected chi connectivity index (χ3v) is 8.90. The molecular weight excluding hydrogens is 620 g/mol. The van der Waals surface area contributed by atoms with E-state index in [0.717, 1.165) is 57.4 Å². The summed E-state index contributed by atoms with van der Waals surface area (Å²) in [5.41, 5.74) is 6.10. The largest absolute Gasteiger partial charge is 0.467 e. The number of ether oxygens (including phenoxy) is 6. The van der Waals surface area contributed by atoms with Gasteiger partial charge in [-0.3, -0.25) is 14.4 Å². The van der Waals surface area contributed by atoms with Gasteiger partial charge in [-0.15, -0.1) is 0 Å². The highest BCUT2D eigenvalue weighted by Crippen LogP contribution is 2.46. The molecule has 0 N–H and O–H groups in total. The molecule has 1 unspecified atom stereocenters. The molecule has 2 aromatic rings. The van der Waals surface area contributed by atoms with Crippen LogP contribution in [-0.4, -0.2) is 67.7 Å². The van der Waals surface area contributed by atoms with Crippen LogP contribution >= 0.6 is 0 Å². The van der Waals surface area contributed by atoms with E-state index in [9.17, 15) is 24.0 Å². The predicted molar refractivity (Wildman–Crippen MR) is 174 cm³/mol. The van der Waals surface area contributed by atoms with Gasteiger partial charge in [0.2, 0.25) is 12.4 Å². The minimum Gasteiger partial charge on any atom is -0.467 e. The molecule has 2 aromatic carbocycles. The number of benzene rings is 2. The fraction of sp³-hybridized carbons (Fsp3) is 0.486. The van der Waals surface area contributed by atoms with Crippen LogP contribution in [0.5, 0.6) is 0 Å². The van der Waals surface area contributed by atoms with E-state index >= 15 is 0 Å². The number of allylic oxidation sites excluding steroid dienone is 1. The Balaban J connectivity index is 1.58. The SMILES string of the molecule is COC(=O)[C@H]1OC(OC(=O)c2ccc(/C=C(\C)c3ccc4c(c3)C(C)(C)CCC4(C)C)cc2)[C@H](OC(C)=O)[C@@H](OC(C)=O)[C@@H]1OC(C)=O. The maximum absolute atomic E-state index is 13.3. The van der Waals surface area contributed by atoms with E-state index in [4.69, 9.17) is 28.4 Å². The van der Waals surface area contributed by atoms with Gasteiger partial charge in [0.1, 0.15) is 0 Å². The number of methoxy groups -OCH3 is 1. The minimum atomic E-state index is -1.73. The van der Waals surface area contributed by atoms with E-state index in [1.54, 1.807) is 24.3 Å². The number of esters is 5. The van der Waals surface area contributed by atoms with E-state index in [2.05, 4.69) is 45.9 Å². The average Bonchev–Trinajstić information content (AvgIpc) is 3.01. The van der Waals surface area contributed by atoms with Crippen LogP contribution in [0.2, 0.25) is 0 Å². The second-order valence-electron chi connectivity index (χ2n) is 13.6. The fourth-order valence-corrected chi connectivity index (χ4v) is 6.23. The third-order valence-electron chi connectivity index (χ3n) is 8.90. The van der Waals surface area contributed by atoms with Crippen LogP contribution in [-0.2, 0) is 58.4 Å². The van der Waals surface area contributed by atoms with Crippen LogP contribution in [0, 0.1) is 0 Å². The molecule has 48 heavy (non-hydrogen) atoms. The van der Waals surface area contributed by atoms with Crippen molar-refractivity contribution in [2.45, 2.75) is 110 Å². The summed E-state index contributed by atoms with van der Waals surface area (Å²) in [6, 6.07) is 13.3. The van der Waals surface area contributed by atoms with Gasteiger partial charge in [0.05, 0.1) is 12.7 Å². The van der Waals surface area contributed by atoms with Crippen molar-refractivity contribution in [3.63, 3.8) is 0 Å². The Bertz CT molecular complexity index is 1600. The van der Waals surface area contributed by atoms with Crippen LogP contribution in [0.3, 0.4) is 0 Å². The van der Waals surface area contributed by atoms with Gasteiger partial charge in [-0.25, -0.2) is 9.59 Å². The number of rotatable bonds is 8. The van der Waals surface area contributed by atoms with Crippen molar-refractivity contribution < 1.29 is 52.4 Å². The molecule has 0 bridgehead atoms. The Kier molecular flexibility index (Phi) is 10.8. The molecular formula is C37H44O11. The Labute approximate surface area is 280 Å². The van der Waals surface area contributed by atoms with Crippen LogP contribution < -0.4 is 0 Å². The van der Waals surface area contributed by atoms with Crippen LogP contribution in [0.1, 0.15) is 101 Å². The summed E-state index contributed by atoms with van der Waals surface area (Å²) >= 11 is 0. The molecule has 11 heteroatoms. The van der Waals surface area contributed by atoms with E-state index in [0.29, 0.717) is 0 Å². The number of hydrogen-bond acceptors (Lipinski definition) is 11. The highest BCUT2D eigenvalue weighted by atomic mass is 16.7. The molecule has 0 radical (unpaired) electrons. The minimum absolute atomic E-state index is 0.0795. The highest BCUT2D eigenvalue weighted by molar-refractivity contribution is 5.90. The summed E-state index contributed by atoms with van der Waals surface area (Å²) in [7, 11) is 1.07. The summed E-state index contributed by atoms with van der Waals surface area (Å²) in [6.07, 6.45) is -3.85. The molecule has 11 nitrogen and oxygen atoms in total. The molecule has 4 rings (SSSR count). The molecule has 1 fully saturated rings. The van der Waals surface area contributed by atoms with E-state index in [-0.39, 0.29) is 16.4 Å². The van der Waals surface area contributed by atoms with Gasteiger partial charge in [-0.05, 0) is 70.6 Å². The van der Waals surface area contributed by atoms with Gasteiger partial charge in [0.25, 0.3) is 0 Å². The number of fused-ring (bicyclic) bond motifs is 1. The first-order chi connectivity index (χ1) is 22.4. The van der Waals surface area contributed by atoms with Gasteiger partial charge in [-0.1, -0.05) is 64.1 Å². The van der Waals surface area contributed by atoms with E-state index in [1.807, 2.05) is 13.0 Å². The van der Waals surface area contributed by atoms with Gasteiger partial charge in [0, 0.05) is 20.8 Å². The van der Waals surface area contributed by atoms with Gasteiger partial charge in [-0.2, -0.15) is 0 Å². The van der Waals surface area contributed by atoms with E-state index in [1.165, 1.54) is 11.1 Å². The molecule has 2 aliphatic rings. The number of carbonyl (C=O) groups is 5. The second-order valence-corrected chi connectivity index (χ2v) is 13.6. The van der Waals surface area contributed by atoms with Crippen molar-refractivity contribution in [3.05, 3.63) is 70.3 Å². The van der Waals surface area contributed by atoms with Crippen molar-refractivity contribution in [2.24, 2.45) is 0 Å². The Morgan fingerprint density at radius 2 is 1.21 bits per heavy atom. The highest BCUT2D eigenvalue weighted by Gasteiger charge is 2.56. The van der Waals surface area contributed by atoms with Gasteiger partial charge < -0.3 is 28.4 Å². The van der Waals surface area contributed by atoms with Crippen molar-refractivity contribution in [1.82, 2.24) is 0 Å². The zero-order valence-corrected chi connectivity index (χ0v) is 28.9. The van der Waals surface area contributed by atoms with Gasteiger partial charge >= 0.3 is 29.8 Å². The summed E-state index contributed by atoms with van der Waals surface area (Å²) in [5.74, 6) is -4.39. The predicted octanol–water partition coefficient (Wildman–Crippen LogP) is 5.45. The molecule has 0 amide bonds. The first kappa shape index (κ1) is 36.3. The van der Waals surface area contributed by atoms with E-state index < -0.39 is 60.6 Å². The zero-order chi connectivity index (χ0) is 35.6. The lowest BCUT2D eigenvalue weighted by Crippen LogP contribution is -2.64. The Morgan fingerprint density at radius 3 is 1.77 bits per heavy atom. The zero-order valence-electron chi connectivity index (χ0n) is 28.9. The second kappa shape index (κ2) is 14.3. The summed E-state index contributed by atoms with van der Waals surface area (Å²) in [6.45, 7) is 14.4. The van der Waals surface area contributed by atoms with Crippen LogP contribution in [0.4, 0.5) is 0 Å². The van der Waals surface area contributed by atoms with Crippen molar-refractivity contribution in [2.75, 3.05) is 7.11 Å². The van der Waals surface area contributed by atoms with Gasteiger partial charge in [0.15, 0.2) is 18.3 Å². The lowest BCUT2D eigenvalue weighted by molar-refractivity contribution is -0.288. The normalized spacial score (nSPS) is 24.4. The average molecular weight is 665 g/mol. The Hall–Kier alpha value is -4.51. The third kappa shape index (κ3) is 8.13. The molecule has 1 aliphatic heterocycles. The first-order valence-electron chi connectivity index (χ1n) is 15.8. The topological polar surface area (TPSA) is 141 Å². The fourth-order valence-electron chi connectivity index (χ4n) is 6.23. The standard InChI is InChI=1S/C37H44O11/c1-20(26-14-15-27-28(19-26)37(7,8)17-16-36(27,5)6)18-24-10-12-25(13-11-24)33(41)48-35-32(46-23(4)40)30(45-22(3)39)29(44-21(2)38)31(47-35)34(42)43-9/h10-15,18-19,29-32,35H,16-17H2,1-9H3/b20-18+/t29-,30-,31-,32+,35?/m0/s1. The maximum atomic E-state index is 13.3. The quantitative estimate of drug-likeness (QED) is 0.202. The summed E-state index contributed by atoms with van der Waals surface area (Å²) in [4.78, 5) is 61.9. The molecule has 5 atom stereocenters. The molecule has 1 heterocycles.